The predicted octanol–water partition coefficient (Wildman–Crippen LogP) is 2.70. The molecule has 1 aromatic heterocycles. The van der Waals surface area contributed by atoms with Crippen LogP contribution in [0.5, 0.6) is 5.75 Å². The number of ether oxygens (including phenoxy) is 1. The van der Waals surface area contributed by atoms with E-state index in [4.69, 9.17) is 10.5 Å². The number of fused-ring (bicyclic) bond motifs is 1. The first-order valence-electron chi connectivity index (χ1n) is 8.57. The van der Waals surface area contributed by atoms with Gasteiger partial charge in [0.1, 0.15) is 29.2 Å². The summed E-state index contributed by atoms with van der Waals surface area (Å²) in [6, 6.07) is 13.6. The van der Waals surface area contributed by atoms with Crippen LogP contribution in [0.4, 0.5) is 0 Å². The van der Waals surface area contributed by atoms with Crippen molar-refractivity contribution in [3.05, 3.63) is 76.0 Å². The molecule has 3 aromatic rings. The maximum absolute atomic E-state index is 12.3. The number of hydrogen-bond acceptors (Lipinski definition) is 6. The average molecular weight is 362 g/mol. The number of aromatic nitrogens is 2. The zero-order valence-corrected chi connectivity index (χ0v) is 14.6. The highest BCUT2D eigenvalue weighted by Gasteiger charge is 2.30. The third-order valence-corrected chi connectivity index (χ3v) is 4.40. The maximum Gasteiger partial charge on any atom is 0.259 e. The van der Waals surface area contributed by atoms with Crippen LogP contribution in [-0.4, -0.2) is 27.5 Å². The molecule has 4 rings (SSSR count). The number of aliphatic imine (C=N–C) groups is 1. The molecule has 1 atom stereocenters. The minimum atomic E-state index is -0.646. The molecule has 136 valence electrons. The average Bonchev–Trinajstić information content (AvgIpc) is 2.97. The lowest BCUT2D eigenvalue weighted by Crippen LogP contribution is -2.18. The molecule has 27 heavy (non-hydrogen) atoms. The second kappa shape index (κ2) is 6.60. The Morgan fingerprint density at radius 1 is 1.19 bits per heavy atom. The standard InChI is InChI=1S/C20H18N4O3/c1-2-27-12-9-7-11(8-10-12)16-17(25)15(18(21)23-16)19-22-14-6-4-3-5-13(14)20(26)24-19/h3-10,16,25H,2H2,1H3,(H2,21,23)(H,22,24,26). The zero-order valence-electron chi connectivity index (χ0n) is 14.6. The Morgan fingerprint density at radius 3 is 2.67 bits per heavy atom. The number of aliphatic hydroxyl groups excluding tert-OH is 1. The van der Waals surface area contributed by atoms with Crippen molar-refractivity contribution in [1.82, 2.24) is 9.97 Å². The van der Waals surface area contributed by atoms with Crippen molar-refractivity contribution in [1.29, 1.82) is 0 Å². The van der Waals surface area contributed by atoms with Gasteiger partial charge in [0.05, 0.1) is 23.1 Å². The van der Waals surface area contributed by atoms with E-state index < -0.39 is 6.04 Å². The number of H-pyrrole nitrogens is 1. The van der Waals surface area contributed by atoms with E-state index in [1.165, 1.54) is 0 Å². The van der Waals surface area contributed by atoms with E-state index >= 15 is 0 Å². The Bertz CT molecular complexity index is 1130. The molecule has 2 heterocycles. The molecule has 0 saturated heterocycles. The van der Waals surface area contributed by atoms with Crippen LogP contribution in [0.15, 0.2) is 64.1 Å². The SMILES string of the molecule is CCOc1ccc(C2N=C(N)C(c3nc4ccccc4c(=O)[nH]3)=C2O)cc1. The number of nitrogens with two attached hydrogens (primary N) is 1. The van der Waals surface area contributed by atoms with E-state index in [2.05, 4.69) is 15.0 Å². The first kappa shape index (κ1) is 16.8. The Kier molecular flexibility index (Phi) is 4.12. The molecule has 1 aliphatic rings. The third-order valence-electron chi connectivity index (χ3n) is 4.40. The normalized spacial score (nSPS) is 16.6. The van der Waals surface area contributed by atoms with Crippen molar-refractivity contribution in [3.8, 4) is 5.75 Å². The van der Waals surface area contributed by atoms with Crippen LogP contribution in [0.1, 0.15) is 24.4 Å². The molecule has 1 aliphatic heterocycles. The summed E-state index contributed by atoms with van der Waals surface area (Å²) in [7, 11) is 0. The summed E-state index contributed by atoms with van der Waals surface area (Å²) in [5.41, 5.74) is 7.28. The molecule has 7 nitrogen and oxygen atoms in total. The molecule has 0 amide bonds. The highest BCUT2D eigenvalue weighted by Crippen LogP contribution is 2.35. The fraction of sp³-hybridized carbons (Fsp3) is 0.150. The molecule has 0 aliphatic carbocycles. The first-order valence-corrected chi connectivity index (χ1v) is 8.57. The van der Waals surface area contributed by atoms with Gasteiger partial charge in [0.25, 0.3) is 5.56 Å². The van der Waals surface area contributed by atoms with Crippen molar-refractivity contribution >= 4 is 22.3 Å². The lowest BCUT2D eigenvalue weighted by molar-refractivity contribution is 0.340. The summed E-state index contributed by atoms with van der Waals surface area (Å²) in [5.74, 6) is 1.02. The lowest BCUT2D eigenvalue weighted by Gasteiger charge is -2.10. The number of nitrogens with one attached hydrogen (secondary N) is 1. The molecular formula is C20H18N4O3. The van der Waals surface area contributed by atoms with Crippen LogP contribution in [0.25, 0.3) is 16.5 Å². The van der Waals surface area contributed by atoms with Gasteiger partial charge in [-0.3, -0.25) is 9.79 Å². The highest BCUT2D eigenvalue weighted by atomic mass is 16.5. The number of benzene rings is 2. The van der Waals surface area contributed by atoms with Gasteiger partial charge in [0.2, 0.25) is 0 Å². The summed E-state index contributed by atoms with van der Waals surface area (Å²) in [6.07, 6.45) is 0. The second-order valence-electron chi connectivity index (χ2n) is 6.11. The van der Waals surface area contributed by atoms with Crippen molar-refractivity contribution in [2.45, 2.75) is 13.0 Å². The Hall–Kier alpha value is -3.61. The number of aromatic amines is 1. The number of rotatable bonds is 4. The van der Waals surface area contributed by atoms with Crippen LogP contribution in [-0.2, 0) is 0 Å². The van der Waals surface area contributed by atoms with E-state index in [0.29, 0.717) is 17.5 Å². The van der Waals surface area contributed by atoms with E-state index in [1.807, 2.05) is 31.2 Å². The summed E-state index contributed by atoms with van der Waals surface area (Å²) in [4.78, 5) is 23.8. The molecule has 2 aromatic carbocycles. The van der Waals surface area contributed by atoms with E-state index in [1.54, 1.807) is 24.3 Å². The molecule has 0 saturated carbocycles. The molecule has 4 N–H and O–H groups in total. The van der Waals surface area contributed by atoms with E-state index in [-0.39, 0.29) is 28.6 Å². The summed E-state index contributed by atoms with van der Waals surface area (Å²) >= 11 is 0. The van der Waals surface area contributed by atoms with Crippen molar-refractivity contribution in [3.63, 3.8) is 0 Å². The minimum absolute atomic E-state index is 0.0462. The van der Waals surface area contributed by atoms with E-state index in [0.717, 1.165) is 11.3 Å². The highest BCUT2D eigenvalue weighted by molar-refractivity contribution is 6.23. The monoisotopic (exact) mass is 362 g/mol. The van der Waals surface area contributed by atoms with Crippen LogP contribution in [0, 0.1) is 0 Å². The Balaban J connectivity index is 1.77. The number of aliphatic hydroxyl groups is 1. The molecule has 0 fully saturated rings. The minimum Gasteiger partial charge on any atom is -0.509 e. The molecule has 7 heteroatoms. The van der Waals surface area contributed by atoms with Crippen LogP contribution in [0.3, 0.4) is 0 Å². The van der Waals surface area contributed by atoms with Crippen molar-refractivity contribution < 1.29 is 9.84 Å². The van der Waals surface area contributed by atoms with Gasteiger partial charge in [-0.05, 0) is 36.8 Å². The van der Waals surface area contributed by atoms with Crippen LogP contribution >= 0.6 is 0 Å². The van der Waals surface area contributed by atoms with Crippen LogP contribution in [0.2, 0.25) is 0 Å². The maximum atomic E-state index is 12.3. The first-order chi connectivity index (χ1) is 13.1. The van der Waals surface area contributed by atoms with Gasteiger partial charge in [-0.1, -0.05) is 24.3 Å². The number of hydrogen-bond donors (Lipinski definition) is 3. The Morgan fingerprint density at radius 2 is 1.93 bits per heavy atom. The van der Waals surface area contributed by atoms with Gasteiger partial charge < -0.3 is 20.6 Å². The zero-order chi connectivity index (χ0) is 19.0. The van der Waals surface area contributed by atoms with Gasteiger partial charge in [-0.15, -0.1) is 0 Å². The van der Waals surface area contributed by atoms with Gasteiger partial charge in [0.15, 0.2) is 0 Å². The molecular weight excluding hydrogens is 344 g/mol. The molecule has 0 spiro atoms. The van der Waals surface area contributed by atoms with Crippen molar-refractivity contribution in [2.24, 2.45) is 10.7 Å². The van der Waals surface area contributed by atoms with Crippen LogP contribution < -0.4 is 16.0 Å². The largest absolute Gasteiger partial charge is 0.509 e. The van der Waals surface area contributed by atoms with Gasteiger partial charge in [-0.2, -0.15) is 0 Å². The van der Waals surface area contributed by atoms with E-state index in [9.17, 15) is 9.90 Å². The summed E-state index contributed by atoms with van der Waals surface area (Å²) < 4.78 is 5.43. The van der Waals surface area contributed by atoms with Gasteiger partial charge in [-0.25, -0.2) is 4.98 Å². The number of para-hydroxylation sites is 1. The molecule has 0 bridgehead atoms. The molecule has 0 radical (unpaired) electrons. The van der Waals surface area contributed by atoms with Gasteiger partial charge in [0, 0.05) is 0 Å². The fourth-order valence-corrected chi connectivity index (χ4v) is 3.13. The predicted molar refractivity (Wildman–Crippen MR) is 104 cm³/mol. The van der Waals surface area contributed by atoms with Crippen molar-refractivity contribution in [2.75, 3.05) is 6.61 Å². The molecule has 1 unspecified atom stereocenters. The number of amidine groups is 1. The Labute approximate surface area is 154 Å². The fourth-order valence-electron chi connectivity index (χ4n) is 3.13. The summed E-state index contributed by atoms with van der Waals surface area (Å²) in [5, 5.41) is 11.2. The third kappa shape index (κ3) is 2.93. The smallest absolute Gasteiger partial charge is 0.259 e. The topological polar surface area (TPSA) is 114 Å². The lowest BCUT2D eigenvalue weighted by atomic mass is 10.0. The summed E-state index contributed by atoms with van der Waals surface area (Å²) in [6.45, 7) is 2.48. The van der Waals surface area contributed by atoms with Gasteiger partial charge >= 0.3 is 0 Å². The second-order valence-corrected chi connectivity index (χ2v) is 6.11. The number of nitrogens with zero attached hydrogens (tertiary/aromatic N) is 2. The quantitative estimate of drug-likeness (QED) is 0.660.